The zero-order chi connectivity index (χ0) is 21.6. The lowest BCUT2D eigenvalue weighted by Crippen LogP contribution is -2.08. The lowest BCUT2D eigenvalue weighted by atomic mass is 10.6. The van der Waals surface area contributed by atoms with Gasteiger partial charge in [-0.3, -0.25) is 16.1 Å². The van der Waals surface area contributed by atoms with E-state index in [4.69, 9.17) is 52.2 Å². The molecule has 0 amide bonds. The Morgan fingerprint density at radius 1 is 0.733 bits per heavy atom. The van der Waals surface area contributed by atoms with Crippen LogP contribution in [0.25, 0.3) is 5.65 Å². The molecular weight excluding hydrogens is 482 g/mol. The zero-order valence-corrected chi connectivity index (χ0v) is 17.9. The standard InChI is InChI=1S/C5H3ClN4.C4H2Cl2N2.C4H5ClN4.H4N2.H2O/c6-4-1-5-9-8-3-10(5)2-7-4;5-3-1-4(6)8-2-7-3;5-3-1-4(9-6)8-2-7-3;1-2;/h1-3H;1-2H;1-2H,6H2,(H,7,8,9);1-2H2;1H2. The molecular formula is C13H16Cl4N12O. The molecule has 0 radical (unpaired) electrons. The Morgan fingerprint density at radius 3 is 1.73 bits per heavy atom. The molecule has 162 valence electrons. The van der Waals surface area contributed by atoms with Crippen molar-refractivity contribution in [1.29, 1.82) is 0 Å². The highest BCUT2D eigenvalue weighted by atomic mass is 35.5. The minimum atomic E-state index is 0. The highest BCUT2D eigenvalue weighted by molar-refractivity contribution is 6.33. The molecule has 0 unspecified atom stereocenters. The lowest BCUT2D eigenvalue weighted by Gasteiger charge is -1.94. The molecule has 0 aliphatic rings. The van der Waals surface area contributed by atoms with Gasteiger partial charge in [0.15, 0.2) is 5.65 Å². The molecule has 0 saturated heterocycles. The smallest absolute Gasteiger partial charge is 0.164 e. The molecule has 0 fully saturated rings. The van der Waals surface area contributed by atoms with Gasteiger partial charge >= 0.3 is 0 Å². The minimum Gasteiger partial charge on any atom is -0.412 e. The fraction of sp³-hybridized carbons (Fsp3) is 0. The molecule has 0 bridgehead atoms. The number of aromatic nitrogens is 8. The Morgan fingerprint density at radius 2 is 1.27 bits per heavy atom. The fourth-order valence-corrected chi connectivity index (χ4v) is 2.07. The van der Waals surface area contributed by atoms with Gasteiger partial charge in [-0.15, -0.1) is 10.2 Å². The minimum absolute atomic E-state index is 0. The fourth-order valence-electron chi connectivity index (χ4n) is 1.43. The molecule has 0 aliphatic heterocycles. The van der Waals surface area contributed by atoms with Crippen LogP contribution in [0.5, 0.6) is 0 Å². The van der Waals surface area contributed by atoms with Crippen molar-refractivity contribution in [2.24, 2.45) is 17.5 Å². The van der Waals surface area contributed by atoms with Crippen LogP contribution in [-0.4, -0.2) is 45.0 Å². The monoisotopic (exact) mass is 496 g/mol. The first kappa shape index (κ1) is 27.5. The summed E-state index contributed by atoms with van der Waals surface area (Å²) in [5, 5.41) is 8.96. The summed E-state index contributed by atoms with van der Waals surface area (Å²) in [6, 6.07) is 4.65. The molecule has 4 aromatic heterocycles. The number of anilines is 1. The van der Waals surface area contributed by atoms with E-state index in [-0.39, 0.29) is 5.48 Å². The first-order valence-electron chi connectivity index (χ1n) is 7.19. The van der Waals surface area contributed by atoms with E-state index in [9.17, 15) is 0 Å². The molecule has 0 saturated carbocycles. The average molecular weight is 498 g/mol. The van der Waals surface area contributed by atoms with Crippen molar-refractivity contribution in [1.82, 2.24) is 39.5 Å². The quantitative estimate of drug-likeness (QED) is 0.165. The second-order valence-corrected chi connectivity index (χ2v) is 5.89. The van der Waals surface area contributed by atoms with E-state index in [0.29, 0.717) is 32.1 Å². The van der Waals surface area contributed by atoms with Crippen molar-refractivity contribution in [3.05, 3.63) is 64.1 Å². The van der Waals surface area contributed by atoms with E-state index in [2.05, 4.69) is 52.2 Å². The number of nitrogens with two attached hydrogens (primary N) is 3. The van der Waals surface area contributed by atoms with Crippen LogP contribution in [0.2, 0.25) is 20.6 Å². The van der Waals surface area contributed by atoms with Gasteiger partial charge in [0, 0.05) is 18.2 Å². The Labute approximate surface area is 189 Å². The summed E-state index contributed by atoms with van der Waals surface area (Å²) in [5.74, 6) is 13.5. The first-order valence-corrected chi connectivity index (χ1v) is 8.70. The Hall–Kier alpha value is -2.49. The largest absolute Gasteiger partial charge is 0.412 e. The topological polar surface area (TPSA) is 216 Å². The van der Waals surface area contributed by atoms with Gasteiger partial charge in [-0.2, -0.15) is 0 Å². The molecule has 0 atom stereocenters. The summed E-state index contributed by atoms with van der Waals surface area (Å²) in [5.41, 5.74) is 3.04. The summed E-state index contributed by atoms with van der Waals surface area (Å²) in [7, 11) is 0. The third kappa shape index (κ3) is 10.3. The maximum absolute atomic E-state index is 5.58. The summed E-state index contributed by atoms with van der Waals surface area (Å²) >= 11 is 21.9. The van der Waals surface area contributed by atoms with Crippen molar-refractivity contribution in [3.8, 4) is 0 Å². The number of hydrogen-bond donors (Lipinski definition) is 4. The van der Waals surface area contributed by atoms with Crippen LogP contribution in [0.4, 0.5) is 5.82 Å². The van der Waals surface area contributed by atoms with Crippen molar-refractivity contribution >= 4 is 57.9 Å². The van der Waals surface area contributed by atoms with Gasteiger partial charge in [-0.1, -0.05) is 46.4 Å². The average Bonchev–Trinajstić information content (AvgIpc) is 3.18. The van der Waals surface area contributed by atoms with E-state index < -0.39 is 0 Å². The van der Waals surface area contributed by atoms with Gasteiger partial charge < -0.3 is 10.9 Å². The third-order valence-corrected chi connectivity index (χ3v) is 3.36. The molecule has 0 spiro atoms. The molecule has 9 N–H and O–H groups in total. The van der Waals surface area contributed by atoms with Gasteiger partial charge in [0.05, 0.1) is 0 Å². The number of nitrogens with one attached hydrogen (secondary N) is 1. The Balaban J connectivity index is 0.000000400. The van der Waals surface area contributed by atoms with Gasteiger partial charge in [0.25, 0.3) is 0 Å². The Kier molecular flexibility index (Phi) is 14.1. The Bertz CT molecular complexity index is 987. The highest BCUT2D eigenvalue weighted by Gasteiger charge is 1.94. The van der Waals surface area contributed by atoms with Gasteiger partial charge in [0.2, 0.25) is 0 Å². The SMILES string of the molecule is Clc1cc(Cl)ncn1.Clc1cc2nncn2cn1.NN.NNc1cc(Cl)ncn1.O. The van der Waals surface area contributed by atoms with Crippen LogP contribution in [0, 0.1) is 0 Å². The summed E-state index contributed by atoms with van der Waals surface area (Å²) in [6.07, 6.45) is 5.78. The molecule has 0 aromatic carbocycles. The molecule has 30 heavy (non-hydrogen) atoms. The van der Waals surface area contributed by atoms with E-state index in [1.54, 1.807) is 23.1 Å². The van der Waals surface area contributed by atoms with Crippen molar-refractivity contribution in [2.45, 2.75) is 0 Å². The maximum atomic E-state index is 5.58. The van der Waals surface area contributed by atoms with Crippen LogP contribution >= 0.6 is 46.4 Å². The third-order valence-electron chi connectivity index (χ3n) is 2.54. The summed E-state index contributed by atoms with van der Waals surface area (Å²) in [4.78, 5) is 18.4. The highest BCUT2D eigenvalue weighted by Crippen LogP contribution is 2.08. The van der Waals surface area contributed by atoms with Crippen LogP contribution < -0.4 is 23.0 Å². The molecule has 0 aliphatic carbocycles. The molecule has 17 heteroatoms. The molecule has 4 heterocycles. The van der Waals surface area contributed by atoms with Gasteiger partial charge in [0.1, 0.15) is 51.7 Å². The van der Waals surface area contributed by atoms with E-state index in [1.165, 1.54) is 24.8 Å². The van der Waals surface area contributed by atoms with Crippen LogP contribution in [0.15, 0.2) is 43.5 Å². The second-order valence-electron chi connectivity index (χ2n) is 4.34. The summed E-state index contributed by atoms with van der Waals surface area (Å²) in [6.45, 7) is 0. The van der Waals surface area contributed by atoms with Crippen LogP contribution in [-0.2, 0) is 0 Å². The van der Waals surface area contributed by atoms with E-state index in [0.717, 1.165) is 0 Å². The molecule has 4 rings (SSSR count). The predicted octanol–water partition coefficient (Wildman–Crippen LogP) is 0.971. The number of hydrogen-bond acceptors (Lipinski definition) is 11. The first-order chi connectivity index (χ1) is 14.0. The number of fused-ring (bicyclic) bond motifs is 1. The van der Waals surface area contributed by atoms with Gasteiger partial charge in [-0.05, 0) is 0 Å². The normalized spacial score (nSPS) is 8.90. The molecule has 13 nitrogen and oxygen atoms in total. The number of nitrogen functional groups attached to an aromatic ring is 1. The van der Waals surface area contributed by atoms with Crippen LogP contribution in [0.1, 0.15) is 0 Å². The van der Waals surface area contributed by atoms with Gasteiger partial charge in [-0.25, -0.2) is 30.8 Å². The number of nitrogens with zero attached hydrogens (tertiary/aromatic N) is 8. The zero-order valence-electron chi connectivity index (χ0n) is 14.9. The van der Waals surface area contributed by atoms with E-state index in [1.807, 2.05) is 0 Å². The molecule has 4 aromatic rings. The lowest BCUT2D eigenvalue weighted by molar-refractivity contribution is 0.824. The summed E-state index contributed by atoms with van der Waals surface area (Å²) < 4.78 is 1.69. The van der Waals surface area contributed by atoms with E-state index >= 15 is 0 Å². The predicted molar refractivity (Wildman–Crippen MR) is 115 cm³/mol. The van der Waals surface area contributed by atoms with Crippen molar-refractivity contribution in [2.75, 3.05) is 5.43 Å². The number of halogens is 4. The van der Waals surface area contributed by atoms with Crippen molar-refractivity contribution in [3.63, 3.8) is 0 Å². The van der Waals surface area contributed by atoms with Crippen molar-refractivity contribution < 1.29 is 5.48 Å². The maximum Gasteiger partial charge on any atom is 0.164 e. The number of hydrazine groups is 2. The second kappa shape index (κ2) is 15.4. The number of rotatable bonds is 1. The van der Waals surface area contributed by atoms with Crippen LogP contribution in [0.3, 0.4) is 0 Å².